The van der Waals surface area contributed by atoms with E-state index in [0.717, 1.165) is 25.1 Å². The van der Waals surface area contributed by atoms with Gasteiger partial charge in [-0.25, -0.2) is 0 Å². The van der Waals surface area contributed by atoms with Gasteiger partial charge in [-0.15, -0.1) is 0 Å². The normalized spacial score (nSPS) is 18.7. The molecule has 1 unspecified atom stereocenters. The van der Waals surface area contributed by atoms with E-state index >= 15 is 0 Å². The van der Waals surface area contributed by atoms with Crippen LogP contribution in [0.1, 0.15) is 57.2 Å². The third kappa shape index (κ3) is 4.22. The largest absolute Gasteiger partial charge is 0.491 e. The molecule has 1 atom stereocenters. The molecule has 0 fully saturated rings. The minimum Gasteiger partial charge on any atom is -0.491 e. The maximum atomic E-state index is 9.75. The van der Waals surface area contributed by atoms with E-state index in [1.165, 1.54) is 24.0 Å². The monoisotopic (exact) mass is 277 g/mol. The van der Waals surface area contributed by atoms with Gasteiger partial charge in [0.25, 0.3) is 0 Å². The Bertz CT molecular complexity index is 437. The van der Waals surface area contributed by atoms with Gasteiger partial charge in [-0.05, 0) is 69.3 Å². The van der Waals surface area contributed by atoms with E-state index in [1.54, 1.807) is 13.8 Å². The Morgan fingerprint density at radius 3 is 2.90 bits per heavy atom. The highest BCUT2D eigenvalue weighted by Crippen LogP contribution is 2.32. The van der Waals surface area contributed by atoms with Crippen LogP contribution in [0.25, 0.3) is 0 Å². The smallest absolute Gasteiger partial charge is 0.119 e. The quantitative estimate of drug-likeness (QED) is 0.839. The molecule has 0 heterocycles. The van der Waals surface area contributed by atoms with Crippen LogP contribution in [0.2, 0.25) is 0 Å². The van der Waals surface area contributed by atoms with Crippen molar-refractivity contribution in [2.24, 2.45) is 0 Å². The molecule has 0 spiro atoms. The first kappa shape index (κ1) is 15.3. The molecule has 0 bridgehead atoms. The fourth-order valence-corrected chi connectivity index (χ4v) is 2.66. The van der Waals surface area contributed by atoms with Crippen molar-refractivity contribution in [1.29, 1.82) is 0 Å². The Morgan fingerprint density at radius 2 is 2.20 bits per heavy atom. The molecule has 112 valence electrons. The van der Waals surface area contributed by atoms with Crippen LogP contribution in [0.3, 0.4) is 0 Å². The van der Waals surface area contributed by atoms with E-state index in [4.69, 9.17) is 4.74 Å². The number of hydrogen-bond acceptors (Lipinski definition) is 3. The van der Waals surface area contributed by atoms with Gasteiger partial charge in [-0.1, -0.05) is 13.0 Å². The first-order valence-corrected chi connectivity index (χ1v) is 7.71. The number of hydrogen-bond donors (Lipinski definition) is 2. The van der Waals surface area contributed by atoms with E-state index < -0.39 is 5.60 Å². The molecule has 1 aromatic rings. The second-order valence-electron chi connectivity index (χ2n) is 6.36. The predicted octanol–water partition coefficient (Wildman–Crippen LogP) is 3.21. The Labute approximate surface area is 122 Å². The highest BCUT2D eigenvalue weighted by molar-refractivity contribution is 5.39. The molecular weight excluding hydrogens is 250 g/mol. The van der Waals surface area contributed by atoms with Crippen molar-refractivity contribution < 1.29 is 9.84 Å². The Hall–Kier alpha value is -1.06. The van der Waals surface area contributed by atoms with Crippen LogP contribution in [0, 0.1) is 0 Å². The molecule has 1 aliphatic carbocycles. The van der Waals surface area contributed by atoms with Gasteiger partial charge in [0, 0.05) is 6.04 Å². The van der Waals surface area contributed by atoms with Crippen molar-refractivity contribution in [2.45, 2.75) is 58.1 Å². The third-order valence-corrected chi connectivity index (χ3v) is 3.66. The lowest BCUT2D eigenvalue weighted by atomic mass is 9.87. The standard InChI is InChI=1S/C17H27NO2/c1-4-10-18-16-7-5-6-13-8-9-14(11-15(13)16)20-12-17(2,3)19/h8-9,11,16,18-19H,4-7,10,12H2,1-3H3. The number of rotatable bonds is 6. The van der Waals surface area contributed by atoms with Gasteiger partial charge in [-0.3, -0.25) is 0 Å². The summed E-state index contributed by atoms with van der Waals surface area (Å²) < 4.78 is 5.71. The first-order chi connectivity index (χ1) is 9.49. The summed E-state index contributed by atoms with van der Waals surface area (Å²) in [5, 5.41) is 13.4. The molecule has 2 N–H and O–H groups in total. The van der Waals surface area contributed by atoms with Crippen molar-refractivity contribution in [3.05, 3.63) is 29.3 Å². The van der Waals surface area contributed by atoms with Gasteiger partial charge in [0.1, 0.15) is 12.4 Å². The molecule has 0 radical (unpaired) electrons. The fraction of sp³-hybridized carbons (Fsp3) is 0.647. The van der Waals surface area contributed by atoms with Crippen molar-refractivity contribution in [1.82, 2.24) is 5.32 Å². The zero-order chi connectivity index (χ0) is 14.6. The van der Waals surface area contributed by atoms with Crippen molar-refractivity contribution in [3.8, 4) is 5.75 Å². The van der Waals surface area contributed by atoms with E-state index in [0.29, 0.717) is 12.6 Å². The highest BCUT2D eigenvalue weighted by Gasteiger charge is 2.20. The molecule has 1 aromatic carbocycles. The van der Waals surface area contributed by atoms with Crippen molar-refractivity contribution >= 4 is 0 Å². The fourth-order valence-electron chi connectivity index (χ4n) is 2.66. The lowest BCUT2D eigenvalue weighted by Crippen LogP contribution is -2.28. The molecule has 20 heavy (non-hydrogen) atoms. The number of aryl methyl sites for hydroxylation is 1. The SMILES string of the molecule is CCCNC1CCCc2ccc(OCC(C)(C)O)cc21. The minimum atomic E-state index is -0.796. The number of ether oxygens (including phenoxy) is 1. The maximum Gasteiger partial charge on any atom is 0.119 e. The molecule has 0 aromatic heterocycles. The topological polar surface area (TPSA) is 41.5 Å². The molecular formula is C17H27NO2. The molecule has 0 amide bonds. The van der Waals surface area contributed by atoms with Gasteiger partial charge in [0.15, 0.2) is 0 Å². The Morgan fingerprint density at radius 1 is 1.40 bits per heavy atom. The average Bonchev–Trinajstić information content (AvgIpc) is 2.42. The number of nitrogens with one attached hydrogen (secondary N) is 1. The number of benzene rings is 1. The zero-order valence-corrected chi connectivity index (χ0v) is 12.9. The van der Waals surface area contributed by atoms with E-state index in [2.05, 4.69) is 24.4 Å². The summed E-state index contributed by atoms with van der Waals surface area (Å²) in [6.07, 6.45) is 4.76. The number of aliphatic hydroxyl groups is 1. The summed E-state index contributed by atoms with van der Waals surface area (Å²) in [4.78, 5) is 0. The van der Waals surface area contributed by atoms with Crippen molar-refractivity contribution in [3.63, 3.8) is 0 Å². The van der Waals surface area contributed by atoms with Crippen LogP contribution in [-0.2, 0) is 6.42 Å². The van der Waals surface area contributed by atoms with Gasteiger partial charge in [0.2, 0.25) is 0 Å². The molecule has 0 aliphatic heterocycles. The predicted molar refractivity (Wildman–Crippen MR) is 82.2 cm³/mol. The lowest BCUT2D eigenvalue weighted by Gasteiger charge is -2.27. The van der Waals surface area contributed by atoms with E-state index in [1.807, 2.05) is 6.07 Å². The summed E-state index contributed by atoms with van der Waals surface area (Å²) in [5.41, 5.74) is 2.01. The van der Waals surface area contributed by atoms with Crippen LogP contribution in [0.15, 0.2) is 18.2 Å². The molecule has 2 rings (SSSR count). The van der Waals surface area contributed by atoms with Crippen LogP contribution in [0.4, 0.5) is 0 Å². The molecule has 3 nitrogen and oxygen atoms in total. The van der Waals surface area contributed by atoms with Crippen LogP contribution in [0.5, 0.6) is 5.75 Å². The van der Waals surface area contributed by atoms with Gasteiger partial charge < -0.3 is 15.2 Å². The van der Waals surface area contributed by atoms with Gasteiger partial charge in [0.05, 0.1) is 5.60 Å². The zero-order valence-electron chi connectivity index (χ0n) is 12.9. The Kier molecular flexibility index (Phi) is 5.06. The molecule has 0 saturated carbocycles. The summed E-state index contributed by atoms with van der Waals surface area (Å²) >= 11 is 0. The summed E-state index contributed by atoms with van der Waals surface area (Å²) in [7, 11) is 0. The first-order valence-electron chi connectivity index (χ1n) is 7.71. The highest BCUT2D eigenvalue weighted by atomic mass is 16.5. The number of fused-ring (bicyclic) bond motifs is 1. The summed E-state index contributed by atoms with van der Waals surface area (Å²) in [6.45, 7) is 7.09. The van der Waals surface area contributed by atoms with E-state index in [9.17, 15) is 5.11 Å². The second kappa shape index (κ2) is 6.59. The molecule has 3 heteroatoms. The minimum absolute atomic E-state index is 0.318. The average molecular weight is 277 g/mol. The van der Waals surface area contributed by atoms with Crippen LogP contribution >= 0.6 is 0 Å². The van der Waals surface area contributed by atoms with Gasteiger partial charge >= 0.3 is 0 Å². The third-order valence-electron chi connectivity index (χ3n) is 3.66. The molecule has 1 aliphatic rings. The lowest BCUT2D eigenvalue weighted by molar-refractivity contribution is 0.0284. The summed E-state index contributed by atoms with van der Waals surface area (Å²) in [5.74, 6) is 0.857. The molecule has 0 saturated heterocycles. The summed E-state index contributed by atoms with van der Waals surface area (Å²) in [6, 6.07) is 6.79. The second-order valence-corrected chi connectivity index (χ2v) is 6.36. The Balaban J connectivity index is 2.10. The van der Waals surface area contributed by atoms with Crippen molar-refractivity contribution in [2.75, 3.05) is 13.2 Å². The van der Waals surface area contributed by atoms with E-state index in [-0.39, 0.29) is 0 Å². The van der Waals surface area contributed by atoms with Crippen LogP contribution in [-0.4, -0.2) is 23.9 Å². The van der Waals surface area contributed by atoms with Gasteiger partial charge in [-0.2, -0.15) is 0 Å². The van der Waals surface area contributed by atoms with Crippen LogP contribution < -0.4 is 10.1 Å². The maximum absolute atomic E-state index is 9.75.